The first-order chi connectivity index (χ1) is 11.7. The largest absolute Gasteiger partial charge is 0.341 e. The molecule has 4 rings (SSSR count). The SMILES string of the molecule is Cc1noc([C@@H]2CCCN(C(=O)[C@H]3CCCc4ccccc43)C2)n1. The first-order valence-electron chi connectivity index (χ1n) is 8.89. The summed E-state index contributed by atoms with van der Waals surface area (Å²) in [7, 11) is 0. The number of fused-ring (bicyclic) bond motifs is 1. The first-order valence-corrected chi connectivity index (χ1v) is 8.89. The van der Waals surface area contributed by atoms with Gasteiger partial charge in [0.2, 0.25) is 11.8 Å². The first kappa shape index (κ1) is 15.4. The van der Waals surface area contributed by atoms with Crippen LogP contribution in [0.15, 0.2) is 28.8 Å². The zero-order valence-electron chi connectivity index (χ0n) is 14.1. The van der Waals surface area contributed by atoms with Gasteiger partial charge in [-0.15, -0.1) is 0 Å². The van der Waals surface area contributed by atoms with Gasteiger partial charge in [0.25, 0.3) is 0 Å². The summed E-state index contributed by atoms with van der Waals surface area (Å²) >= 11 is 0. The Morgan fingerprint density at radius 3 is 2.96 bits per heavy atom. The van der Waals surface area contributed by atoms with Crippen molar-refractivity contribution in [2.75, 3.05) is 13.1 Å². The third kappa shape index (κ3) is 2.83. The number of likely N-dealkylation sites (tertiary alicyclic amines) is 1. The van der Waals surface area contributed by atoms with E-state index in [4.69, 9.17) is 4.52 Å². The van der Waals surface area contributed by atoms with E-state index in [9.17, 15) is 4.79 Å². The monoisotopic (exact) mass is 325 g/mol. The van der Waals surface area contributed by atoms with Crippen LogP contribution in [0.5, 0.6) is 0 Å². The van der Waals surface area contributed by atoms with Gasteiger partial charge < -0.3 is 9.42 Å². The van der Waals surface area contributed by atoms with Gasteiger partial charge in [-0.1, -0.05) is 29.4 Å². The Hall–Kier alpha value is -2.17. The highest BCUT2D eigenvalue weighted by molar-refractivity contribution is 5.84. The number of rotatable bonds is 2. The predicted molar refractivity (Wildman–Crippen MR) is 89.7 cm³/mol. The Bertz CT molecular complexity index is 740. The average Bonchev–Trinajstić information content (AvgIpc) is 3.07. The molecule has 2 aromatic rings. The Labute approximate surface area is 142 Å². The van der Waals surface area contributed by atoms with Gasteiger partial charge in [-0.2, -0.15) is 4.98 Å². The van der Waals surface area contributed by atoms with Crippen molar-refractivity contribution in [1.29, 1.82) is 0 Å². The number of hydrogen-bond donors (Lipinski definition) is 0. The Kier molecular flexibility index (Phi) is 4.08. The summed E-state index contributed by atoms with van der Waals surface area (Å²) in [6.07, 6.45) is 5.13. The normalized spacial score (nSPS) is 23.8. The lowest BCUT2D eigenvalue weighted by molar-refractivity contribution is -0.134. The van der Waals surface area contributed by atoms with Gasteiger partial charge in [0.05, 0.1) is 11.8 Å². The van der Waals surface area contributed by atoms with Crippen LogP contribution < -0.4 is 0 Å². The quantitative estimate of drug-likeness (QED) is 0.851. The highest BCUT2D eigenvalue weighted by Gasteiger charge is 2.34. The van der Waals surface area contributed by atoms with Crippen LogP contribution in [0.25, 0.3) is 0 Å². The van der Waals surface area contributed by atoms with Crippen LogP contribution in [0.3, 0.4) is 0 Å². The van der Waals surface area contributed by atoms with Crippen molar-refractivity contribution in [3.8, 4) is 0 Å². The molecule has 5 nitrogen and oxygen atoms in total. The van der Waals surface area contributed by atoms with Crippen molar-refractivity contribution in [3.63, 3.8) is 0 Å². The van der Waals surface area contributed by atoms with E-state index in [1.54, 1.807) is 0 Å². The van der Waals surface area contributed by atoms with Crippen LogP contribution in [-0.4, -0.2) is 34.0 Å². The maximum absolute atomic E-state index is 13.2. The second kappa shape index (κ2) is 6.38. The van der Waals surface area contributed by atoms with Gasteiger partial charge in [0.15, 0.2) is 5.82 Å². The lowest BCUT2D eigenvalue weighted by atomic mass is 9.81. The standard InChI is InChI=1S/C19H23N3O2/c1-13-20-18(24-21-13)15-8-5-11-22(12-15)19(23)17-10-4-7-14-6-2-3-9-16(14)17/h2-3,6,9,15,17H,4-5,7-8,10-12H2,1H3/t15-,17+/m1/s1. The number of carbonyl (C=O) groups excluding carboxylic acids is 1. The molecule has 0 spiro atoms. The van der Waals surface area contributed by atoms with Crippen molar-refractivity contribution in [3.05, 3.63) is 47.1 Å². The van der Waals surface area contributed by atoms with Gasteiger partial charge >= 0.3 is 0 Å². The molecule has 1 fully saturated rings. The Morgan fingerprint density at radius 1 is 1.25 bits per heavy atom. The molecule has 5 heteroatoms. The average molecular weight is 325 g/mol. The molecule has 1 aromatic heterocycles. The molecule has 1 amide bonds. The van der Waals surface area contributed by atoms with Crippen LogP contribution >= 0.6 is 0 Å². The summed E-state index contributed by atoms with van der Waals surface area (Å²) < 4.78 is 5.33. The van der Waals surface area contributed by atoms with Crippen LogP contribution in [0, 0.1) is 6.92 Å². The van der Waals surface area contributed by atoms with E-state index in [2.05, 4.69) is 28.3 Å². The zero-order valence-corrected chi connectivity index (χ0v) is 14.1. The second-order valence-corrected chi connectivity index (χ2v) is 6.95. The molecule has 1 aliphatic carbocycles. The third-order valence-electron chi connectivity index (χ3n) is 5.29. The molecular formula is C19H23N3O2. The number of piperidine rings is 1. The Balaban J connectivity index is 1.52. The summed E-state index contributed by atoms with van der Waals surface area (Å²) in [5, 5.41) is 3.89. The minimum absolute atomic E-state index is 0.0121. The van der Waals surface area contributed by atoms with Crippen molar-refractivity contribution >= 4 is 5.91 Å². The molecular weight excluding hydrogens is 302 g/mol. The van der Waals surface area contributed by atoms with Crippen molar-refractivity contribution < 1.29 is 9.32 Å². The number of benzene rings is 1. The highest BCUT2D eigenvalue weighted by Crippen LogP contribution is 2.35. The van der Waals surface area contributed by atoms with E-state index < -0.39 is 0 Å². The summed E-state index contributed by atoms with van der Waals surface area (Å²) in [6.45, 7) is 3.36. The lowest BCUT2D eigenvalue weighted by Gasteiger charge is -2.35. The van der Waals surface area contributed by atoms with Crippen LogP contribution in [0.4, 0.5) is 0 Å². The summed E-state index contributed by atoms with van der Waals surface area (Å²) in [6, 6.07) is 8.40. The number of aryl methyl sites for hydroxylation is 2. The molecule has 0 saturated carbocycles. The third-order valence-corrected chi connectivity index (χ3v) is 5.29. The molecule has 0 unspecified atom stereocenters. The number of hydrogen-bond acceptors (Lipinski definition) is 4. The van der Waals surface area contributed by atoms with Crippen LogP contribution in [0.2, 0.25) is 0 Å². The fourth-order valence-corrected chi connectivity index (χ4v) is 4.09. The van der Waals surface area contributed by atoms with Gasteiger partial charge in [0, 0.05) is 13.1 Å². The van der Waals surface area contributed by atoms with E-state index in [-0.39, 0.29) is 17.7 Å². The minimum atomic E-state index is 0.0121. The molecule has 1 saturated heterocycles. The van der Waals surface area contributed by atoms with Crippen molar-refractivity contribution in [1.82, 2.24) is 15.0 Å². The molecule has 2 aliphatic rings. The predicted octanol–water partition coefficient (Wildman–Crippen LogP) is 3.20. The summed E-state index contributed by atoms with van der Waals surface area (Å²) in [5.74, 6) is 1.78. The van der Waals surface area contributed by atoms with Gasteiger partial charge in [-0.05, 0) is 50.2 Å². The molecule has 1 aliphatic heterocycles. The molecule has 0 bridgehead atoms. The maximum Gasteiger partial charge on any atom is 0.231 e. The lowest BCUT2D eigenvalue weighted by Crippen LogP contribution is -2.42. The molecule has 1 aromatic carbocycles. The topological polar surface area (TPSA) is 59.2 Å². The zero-order chi connectivity index (χ0) is 16.5. The van der Waals surface area contributed by atoms with Crippen molar-refractivity contribution in [2.24, 2.45) is 0 Å². The minimum Gasteiger partial charge on any atom is -0.341 e. The molecule has 24 heavy (non-hydrogen) atoms. The summed E-state index contributed by atoms with van der Waals surface area (Å²) in [5.41, 5.74) is 2.56. The van der Waals surface area contributed by atoms with E-state index in [0.717, 1.165) is 38.6 Å². The smallest absolute Gasteiger partial charge is 0.231 e. The number of carbonyl (C=O) groups is 1. The Morgan fingerprint density at radius 2 is 2.12 bits per heavy atom. The van der Waals surface area contributed by atoms with Crippen LogP contribution in [0.1, 0.15) is 60.4 Å². The van der Waals surface area contributed by atoms with Gasteiger partial charge in [-0.25, -0.2) is 0 Å². The number of nitrogens with zero attached hydrogens (tertiary/aromatic N) is 3. The molecule has 126 valence electrons. The van der Waals surface area contributed by atoms with Crippen LogP contribution in [-0.2, 0) is 11.2 Å². The van der Waals surface area contributed by atoms with Gasteiger partial charge in [-0.3, -0.25) is 4.79 Å². The van der Waals surface area contributed by atoms with E-state index >= 15 is 0 Å². The molecule has 2 heterocycles. The summed E-state index contributed by atoms with van der Waals surface area (Å²) in [4.78, 5) is 19.5. The fourth-order valence-electron chi connectivity index (χ4n) is 4.09. The molecule has 0 N–H and O–H groups in total. The maximum atomic E-state index is 13.2. The van der Waals surface area contributed by atoms with E-state index in [1.165, 1.54) is 11.1 Å². The highest BCUT2D eigenvalue weighted by atomic mass is 16.5. The van der Waals surface area contributed by atoms with E-state index in [0.29, 0.717) is 18.3 Å². The number of aromatic nitrogens is 2. The second-order valence-electron chi connectivity index (χ2n) is 6.95. The molecule has 2 atom stereocenters. The van der Waals surface area contributed by atoms with E-state index in [1.807, 2.05) is 17.9 Å². The van der Waals surface area contributed by atoms with Gasteiger partial charge in [0.1, 0.15) is 0 Å². The number of amides is 1. The fraction of sp³-hybridized carbons (Fsp3) is 0.526. The molecule has 0 radical (unpaired) electrons. The van der Waals surface area contributed by atoms with Crippen molar-refractivity contribution in [2.45, 2.75) is 50.9 Å².